The van der Waals surface area contributed by atoms with E-state index in [4.69, 9.17) is 0 Å². The van der Waals surface area contributed by atoms with Gasteiger partial charge in [-0.1, -0.05) is 25.2 Å². The van der Waals surface area contributed by atoms with Crippen LogP contribution < -0.4 is 10.2 Å². The van der Waals surface area contributed by atoms with E-state index < -0.39 is 0 Å². The minimum atomic E-state index is 0.941. The molecular weight excluding hydrogens is 258 g/mol. The summed E-state index contributed by atoms with van der Waals surface area (Å²) in [7, 11) is 1.91. The molecule has 0 unspecified atom stereocenters. The first-order chi connectivity index (χ1) is 10.1. The Morgan fingerprint density at radius 3 is 2.86 bits per heavy atom. The van der Waals surface area contributed by atoms with Crippen molar-refractivity contribution in [3.8, 4) is 0 Å². The SMILES string of the molecule is C=C1C=C(NC)C=CN1c1ccnc(C)c1/C=C(\C)CC. The van der Waals surface area contributed by atoms with Crippen molar-refractivity contribution in [3.05, 3.63) is 65.4 Å². The number of pyridine rings is 1. The van der Waals surface area contributed by atoms with E-state index in [1.54, 1.807) is 0 Å². The Morgan fingerprint density at radius 1 is 1.48 bits per heavy atom. The van der Waals surface area contributed by atoms with Crippen LogP contribution >= 0.6 is 0 Å². The summed E-state index contributed by atoms with van der Waals surface area (Å²) in [6.45, 7) is 10.5. The molecule has 1 aliphatic rings. The van der Waals surface area contributed by atoms with E-state index in [-0.39, 0.29) is 0 Å². The highest BCUT2D eigenvalue weighted by Gasteiger charge is 2.15. The molecule has 1 aromatic heterocycles. The quantitative estimate of drug-likeness (QED) is 0.898. The first-order valence-corrected chi connectivity index (χ1v) is 7.25. The van der Waals surface area contributed by atoms with Crippen molar-refractivity contribution in [1.29, 1.82) is 0 Å². The molecule has 2 heterocycles. The molecule has 0 atom stereocenters. The van der Waals surface area contributed by atoms with Crippen LogP contribution in [0.1, 0.15) is 31.5 Å². The maximum absolute atomic E-state index is 4.43. The van der Waals surface area contributed by atoms with Crippen molar-refractivity contribution >= 4 is 11.8 Å². The van der Waals surface area contributed by atoms with Crippen molar-refractivity contribution in [2.75, 3.05) is 11.9 Å². The van der Waals surface area contributed by atoms with Gasteiger partial charge in [0, 0.05) is 42.1 Å². The van der Waals surface area contributed by atoms with Gasteiger partial charge in [-0.25, -0.2) is 0 Å². The zero-order chi connectivity index (χ0) is 15.4. The second-order valence-corrected chi connectivity index (χ2v) is 5.20. The number of aromatic nitrogens is 1. The number of aryl methyl sites for hydroxylation is 1. The molecular formula is C18H23N3. The minimum Gasteiger partial charge on any atom is -0.388 e. The van der Waals surface area contributed by atoms with Crippen molar-refractivity contribution in [1.82, 2.24) is 10.3 Å². The number of hydrogen-bond donors (Lipinski definition) is 1. The molecule has 0 saturated carbocycles. The second-order valence-electron chi connectivity index (χ2n) is 5.20. The largest absolute Gasteiger partial charge is 0.388 e. The van der Waals surface area contributed by atoms with Crippen LogP contribution in [-0.2, 0) is 0 Å². The summed E-state index contributed by atoms with van der Waals surface area (Å²) in [5, 5.41) is 3.14. The predicted molar refractivity (Wildman–Crippen MR) is 90.8 cm³/mol. The van der Waals surface area contributed by atoms with E-state index in [0.29, 0.717) is 0 Å². The van der Waals surface area contributed by atoms with Gasteiger partial charge >= 0.3 is 0 Å². The maximum atomic E-state index is 4.43. The summed E-state index contributed by atoms with van der Waals surface area (Å²) in [5.41, 5.74) is 6.64. The lowest BCUT2D eigenvalue weighted by atomic mass is 10.1. The molecule has 0 aromatic carbocycles. The number of likely N-dealkylation sites (N-methyl/N-ethyl adjacent to an activating group) is 1. The van der Waals surface area contributed by atoms with Crippen LogP contribution in [0.25, 0.3) is 6.08 Å². The van der Waals surface area contributed by atoms with Gasteiger partial charge in [0.1, 0.15) is 0 Å². The van der Waals surface area contributed by atoms with Gasteiger partial charge < -0.3 is 10.2 Å². The fraction of sp³-hybridized carbons (Fsp3) is 0.278. The third-order valence-corrected chi connectivity index (χ3v) is 3.70. The first kappa shape index (κ1) is 15.1. The fourth-order valence-corrected chi connectivity index (χ4v) is 2.24. The Balaban J connectivity index is 2.47. The molecule has 1 N–H and O–H groups in total. The third kappa shape index (κ3) is 3.24. The normalized spacial score (nSPS) is 15.2. The molecule has 1 aliphatic heterocycles. The Bertz CT molecular complexity index is 636. The van der Waals surface area contributed by atoms with E-state index in [1.807, 2.05) is 44.6 Å². The number of nitrogens with one attached hydrogen (secondary N) is 1. The number of anilines is 1. The molecule has 0 fully saturated rings. The molecule has 1 aromatic rings. The summed E-state index contributed by atoms with van der Waals surface area (Å²) < 4.78 is 0. The molecule has 2 rings (SSSR count). The van der Waals surface area contributed by atoms with E-state index in [0.717, 1.165) is 34.8 Å². The summed E-state index contributed by atoms with van der Waals surface area (Å²) in [4.78, 5) is 6.53. The minimum absolute atomic E-state index is 0.941. The van der Waals surface area contributed by atoms with Crippen molar-refractivity contribution in [2.45, 2.75) is 27.2 Å². The summed E-state index contributed by atoms with van der Waals surface area (Å²) in [5.74, 6) is 0. The zero-order valence-electron chi connectivity index (χ0n) is 13.3. The van der Waals surface area contributed by atoms with Gasteiger partial charge in [-0.3, -0.25) is 4.98 Å². The van der Waals surface area contributed by atoms with Crippen LogP contribution in [0, 0.1) is 6.92 Å². The van der Waals surface area contributed by atoms with E-state index in [1.165, 1.54) is 5.57 Å². The molecule has 0 amide bonds. The number of hydrogen-bond acceptors (Lipinski definition) is 3. The van der Waals surface area contributed by atoms with Crippen LogP contribution in [0.15, 0.2) is 54.2 Å². The maximum Gasteiger partial charge on any atom is 0.0561 e. The Morgan fingerprint density at radius 2 is 2.24 bits per heavy atom. The van der Waals surface area contributed by atoms with Gasteiger partial charge in [-0.05, 0) is 38.5 Å². The molecule has 21 heavy (non-hydrogen) atoms. The highest BCUT2D eigenvalue weighted by molar-refractivity contribution is 5.74. The topological polar surface area (TPSA) is 28.2 Å². The Labute approximate surface area is 127 Å². The highest BCUT2D eigenvalue weighted by Crippen LogP contribution is 2.30. The number of nitrogens with zero attached hydrogens (tertiary/aromatic N) is 2. The molecule has 110 valence electrons. The van der Waals surface area contributed by atoms with E-state index in [9.17, 15) is 0 Å². The average Bonchev–Trinajstić information content (AvgIpc) is 2.49. The van der Waals surface area contributed by atoms with Crippen molar-refractivity contribution < 1.29 is 0 Å². The predicted octanol–water partition coefficient (Wildman–Crippen LogP) is 4.15. The summed E-state index contributed by atoms with van der Waals surface area (Å²) >= 11 is 0. The van der Waals surface area contributed by atoms with Crippen LogP contribution in [0.3, 0.4) is 0 Å². The van der Waals surface area contributed by atoms with Gasteiger partial charge in [-0.2, -0.15) is 0 Å². The molecule has 3 heteroatoms. The number of allylic oxidation sites excluding steroid dienone is 3. The van der Waals surface area contributed by atoms with Crippen molar-refractivity contribution in [2.24, 2.45) is 0 Å². The lowest BCUT2D eigenvalue weighted by Crippen LogP contribution is -2.20. The van der Waals surface area contributed by atoms with E-state index >= 15 is 0 Å². The number of rotatable bonds is 4. The Hall–Kier alpha value is -2.29. The molecule has 0 bridgehead atoms. The molecule has 0 radical (unpaired) electrons. The molecule has 0 spiro atoms. The molecule has 0 saturated heterocycles. The summed E-state index contributed by atoms with van der Waals surface area (Å²) in [6, 6.07) is 2.04. The Kier molecular flexibility index (Phi) is 4.63. The van der Waals surface area contributed by atoms with Crippen LogP contribution in [-0.4, -0.2) is 12.0 Å². The lowest BCUT2D eigenvalue weighted by Gasteiger charge is -2.27. The second kappa shape index (κ2) is 6.44. The van der Waals surface area contributed by atoms with Crippen LogP contribution in [0.5, 0.6) is 0 Å². The van der Waals surface area contributed by atoms with Gasteiger partial charge in [0.15, 0.2) is 0 Å². The smallest absolute Gasteiger partial charge is 0.0561 e. The third-order valence-electron chi connectivity index (χ3n) is 3.70. The van der Waals surface area contributed by atoms with Gasteiger partial charge in [0.25, 0.3) is 0 Å². The van der Waals surface area contributed by atoms with Crippen LogP contribution in [0.2, 0.25) is 0 Å². The zero-order valence-corrected chi connectivity index (χ0v) is 13.3. The van der Waals surface area contributed by atoms with Crippen molar-refractivity contribution in [3.63, 3.8) is 0 Å². The fourth-order valence-electron chi connectivity index (χ4n) is 2.24. The monoisotopic (exact) mass is 281 g/mol. The average molecular weight is 281 g/mol. The van der Waals surface area contributed by atoms with E-state index in [2.05, 4.69) is 41.7 Å². The van der Waals surface area contributed by atoms with Crippen LogP contribution in [0.4, 0.5) is 5.69 Å². The standard InChI is InChI=1S/C18H23N3/c1-6-13(2)11-17-15(4)20-9-7-18(17)21-10-8-16(19-5)12-14(21)3/h7-12,19H,3,6H2,1-2,4-5H3/b13-11+. The molecule has 0 aliphatic carbocycles. The lowest BCUT2D eigenvalue weighted by molar-refractivity contribution is 1.00. The highest BCUT2D eigenvalue weighted by atomic mass is 15.1. The van der Waals surface area contributed by atoms with Gasteiger partial charge in [-0.15, -0.1) is 0 Å². The molecule has 3 nitrogen and oxygen atoms in total. The summed E-state index contributed by atoms with van der Waals surface area (Å²) in [6.07, 6.45) is 11.2. The van der Waals surface area contributed by atoms with Gasteiger partial charge in [0.2, 0.25) is 0 Å². The van der Waals surface area contributed by atoms with Gasteiger partial charge in [0.05, 0.1) is 5.69 Å². The first-order valence-electron chi connectivity index (χ1n) is 7.25.